The van der Waals surface area contributed by atoms with Crippen molar-refractivity contribution in [2.45, 2.75) is 66.3 Å². The average Bonchev–Trinajstić information content (AvgIpc) is 2.92. The molecule has 21 heavy (non-hydrogen) atoms. The minimum Gasteiger partial charge on any atom is -0.348 e. The minimum absolute atomic E-state index is 0.546. The molecular weight excluding hydrogens is 278 g/mol. The van der Waals surface area contributed by atoms with E-state index in [1.165, 1.54) is 28.5 Å². The second-order valence-electron chi connectivity index (χ2n) is 5.87. The van der Waals surface area contributed by atoms with Gasteiger partial charge in [0.2, 0.25) is 0 Å². The second-order valence-corrected chi connectivity index (χ2v) is 6.93. The lowest BCUT2D eigenvalue weighted by Gasteiger charge is -2.24. The molecule has 0 aromatic carbocycles. The molecule has 0 radical (unpaired) electrons. The molecule has 1 unspecified atom stereocenters. The fourth-order valence-electron chi connectivity index (χ4n) is 2.55. The van der Waals surface area contributed by atoms with Gasteiger partial charge in [0.1, 0.15) is 0 Å². The maximum absolute atomic E-state index is 5.00. The number of anilines is 1. The van der Waals surface area contributed by atoms with E-state index in [4.69, 9.17) is 4.98 Å². The Labute approximate surface area is 135 Å². The quantitative estimate of drug-likeness (QED) is 0.682. The number of nitrogens with one attached hydrogen (secondary N) is 1. The van der Waals surface area contributed by atoms with Crippen LogP contribution < -0.4 is 10.2 Å². The molecular formula is C17H33N3S. The van der Waals surface area contributed by atoms with Crippen molar-refractivity contribution >= 4 is 16.5 Å². The molecule has 0 fully saturated rings. The zero-order valence-corrected chi connectivity index (χ0v) is 15.5. The van der Waals surface area contributed by atoms with Crippen molar-refractivity contribution in [3.63, 3.8) is 0 Å². The molecule has 0 amide bonds. The largest absolute Gasteiger partial charge is 0.348 e. The second kappa shape index (κ2) is 9.42. The first kappa shape index (κ1) is 18.4. The summed E-state index contributed by atoms with van der Waals surface area (Å²) in [5.41, 5.74) is 1.30. The maximum Gasteiger partial charge on any atom is 0.185 e. The van der Waals surface area contributed by atoms with Crippen molar-refractivity contribution in [2.24, 2.45) is 5.92 Å². The molecule has 122 valence electrons. The van der Waals surface area contributed by atoms with E-state index in [-0.39, 0.29) is 0 Å². The van der Waals surface area contributed by atoms with Crippen LogP contribution in [0, 0.1) is 5.92 Å². The summed E-state index contributed by atoms with van der Waals surface area (Å²) < 4.78 is 0. The molecule has 1 aromatic rings. The first-order valence-electron chi connectivity index (χ1n) is 8.50. The van der Waals surface area contributed by atoms with Crippen LogP contribution in [-0.4, -0.2) is 25.1 Å². The van der Waals surface area contributed by atoms with E-state index in [1.54, 1.807) is 0 Å². The molecule has 4 heteroatoms. The number of hydrogen-bond donors (Lipinski definition) is 1. The number of thiazole rings is 1. The van der Waals surface area contributed by atoms with Gasteiger partial charge in [-0.25, -0.2) is 4.98 Å². The van der Waals surface area contributed by atoms with E-state index in [0.29, 0.717) is 5.92 Å². The molecule has 3 nitrogen and oxygen atoms in total. The third-order valence-corrected chi connectivity index (χ3v) is 5.55. The molecule has 1 heterocycles. The van der Waals surface area contributed by atoms with Crippen LogP contribution in [0.15, 0.2) is 0 Å². The van der Waals surface area contributed by atoms with Crippen LogP contribution >= 0.6 is 11.3 Å². The number of aromatic nitrogens is 1. The number of rotatable bonds is 10. The molecule has 1 atom stereocenters. The van der Waals surface area contributed by atoms with Crippen molar-refractivity contribution in [2.75, 3.05) is 25.0 Å². The average molecular weight is 312 g/mol. The SMILES string of the molecule is CCC(CC)CN(CC)c1nc(C(C)CC)c(CNC)s1. The highest BCUT2D eigenvalue weighted by molar-refractivity contribution is 7.15. The normalized spacial score (nSPS) is 12.9. The van der Waals surface area contributed by atoms with E-state index in [0.717, 1.165) is 32.0 Å². The molecule has 1 rings (SSSR count). The van der Waals surface area contributed by atoms with Gasteiger partial charge in [0.25, 0.3) is 0 Å². The Kier molecular flexibility index (Phi) is 8.27. The molecule has 0 aliphatic carbocycles. The fraction of sp³-hybridized carbons (Fsp3) is 0.824. The molecule has 1 N–H and O–H groups in total. The lowest BCUT2D eigenvalue weighted by Crippen LogP contribution is -2.28. The van der Waals surface area contributed by atoms with Gasteiger partial charge in [-0.15, -0.1) is 11.3 Å². The van der Waals surface area contributed by atoms with Gasteiger partial charge in [0.15, 0.2) is 5.13 Å². The molecule has 0 spiro atoms. The number of nitrogens with zero attached hydrogens (tertiary/aromatic N) is 2. The highest BCUT2D eigenvalue weighted by Gasteiger charge is 2.19. The van der Waals surface area contributed by atoms with Crippen molar-refractivity contribution in [1.82, 2.24) is 10.3 Å². The smallest absolute Gasteiger partial charge is 0.185 e. The Morgan fingerprint density at radius 2 is 1.81 bits per heavy atom. The summed E-state index contributed by atoms with van der Waals surface area (Å²) in [6.07, 6.45) is 3.65. The first-order valence-corrected chi connectivity index (χ1v) is 9.31. The van der Waals surface area contributed by atoms with Gasteiger partial charge in [-0.05, 0) is 32.2 Å². The lowest BCUT2D eigenvalue weighted by molar-refractivity contribution is 0.485. The highest BCUT2D eigenvalue weighted by atomic mass is 32.1. The summed E-state index contributed by atoms with van der Waals surface area (Å²) >= 11 is 1.88. The van der Waals surface area contributed by atoms with Gasteiger partial charge >= 0.3 is 0 Å². The van der Waals surface area contributed by atoms with Crippen molar-refractivity contribution < 1.29 is 0 Å². The summed E-state index contributed by atoms with van der Waals surface area (Å²) in [7, 11) is 2.02. The Bertz CT molecular complexity index is 399. The first-order chi connectivity index (χ1) is 10.1. The van der Waals surface area contributed by atoms with E-state index in [2.05, 4.69) is 44.8 Å². The molecule has 0 bridgehead atoms. The van der Waals surface area contributed by atoms with Crippen LogP contribution in [0.5, 0.6) is 0 Å². The summed E-state index contributed by atoms with van der Waals surface area (Å²) in [5, 5.41) is 4.50. The van der Waals surface area contributed by atoms with Crippen LogP contribution in [0.3, 0.4) is 0 Å². The highest BCUT2D eigenvalue weighted by Crippen LogP contribution is 2.32. The van der Waals surface area contributed by atoms with Gasteiger partial charge < -0.3 is 10.2 Å². The minimum atomic E-state index is 0.546. The topological polar surface area (TPSA) is 28.2 Å². The van der Waals surface area contributed by atoms with Crippen LogP contribution in [0.4, 0.5) is 5.13 Å². The third kappa shape index (κ3) is 4.96. The van der Waals surface area contributed by atoms with Gasteiger partial charge in [0.05, 0.1) is 5.69 Å². The number of hydrogen-bond acceptors (Lipinski definition) is 4. The monoisotopic (exact) mass is 311 g/mol. The van der Waals surface area contributed by atoms with Crippen molar-refractivity contribution in [3.05, 3.63) is 10.6 Å². The summed E-state index contributed by atoms with van der Waals surface area (Å²) in [6, 6.07) is 0. The van der Waals surface area contributed by atoms with E-state index in [1.807, 2.05) is 18.4 Å². The zero-order valence-electron chi connectivity index (χ0n) is 14.7. The molecule has 0 saturated heterocycles. The Morgan fingerprint density at radius 3 is 2.29 bits per heavy atom. The predicted octanol–water partition coefficient (Wildman–Crippen LogP) is 4.64. The predicted molar refractivity (Wildman–Crippen MR) is 95.5 cm³/mol. The summed E-state index contributed by atoms with van der Waals surface area (Å²) in [5.74, 6) is 1.32. The van der Waals surface area contributed by atoms with Gasteiger partial charge in [-0.1, -0.05) is 40.5 Å². The van der Waals surface area contributed by atoms with Crippen LogP contribution in [0.1, 0.15) is 70.4 Å². The van der Waals surface area contributed by atoms with Crippen LogP contribution in [-0.2, 0) is 6.54 Å². The van der Waals surface area contributed by atoms with Gasteiger partial charge in [-0.2, -0.15) is 0 Å². The molecule has 1 aromatic heterocycles. The van der Waals surface area contributed by atoms with Crippen LogP contribution in [0.25, 0.3) is 0 Å². The van der Waals surface area contributed by atoms with E-state index < -0.39 is 0 Å². The van der Waals surface area contributed by atoms with Gasteiger partial charge in [-0.3, -0.25) is 0 Å². The molecule has 0 aliphatic heterocycles. The zero-order chi connectivity index (χ0) is 15.8. The molecule has 0 aliphatic rings. The molecule has 0 saturated carbocycles. The summed E-state index contributed by atoms with van der Waals surface area (Å²) in [6.45, 7) is 14.5. The Hall–Kier alpha value is -0.610. The van der Waals surface area contributed by atoms with Crippen LogP contribution in [0.2, 0.25) is 0 Å². The standard InChI is InChI=1S/C17H33N3S/c1-7-13(5)16-15(11-18-6)21-17(19-16)20(10-4)12-14(8-2)9-3/h13-14,18H,7-12H2,1-6H3. The van der Waals surface area contributed by atoms with Crippen molar-refractivity contribution in [3.8, 4) is 0 Å². The lowest BCUT2D eigenvalue weighted by atomic mass is 10.0. The van der Waals surface area contributed by atoms with E-state index >= 15 is 0 Å². The maximum atomic E-state index is 5.00. The van der Waals surface area contributed by atoms with Crippen molar-refractivity contribution in [1.29, 1.82) is 0 Å². The Morgan fingerprint density at radius 1 is 1.14 bits per heavy atom. The third-order valence-electron chi connectivity index (χ3n) is 4.42. The van der Waals surface area contributed by atoms with E-state index in [9.17, 15) is 0 Å². The van der Waals surface area contributed by atoms with Gasteiger partial charge in [0, 0.05) is 24.5 Å². The fourth-order valence-corrected chi connectivity index (χ4v) is 3.82. The summed E-state index contributed by atoms with van der Waals surface area (Å²) in [4.78, 5) is 8.87. The Balaban J connectivity index is 2.98.